The summed E-state index contributed by atoms with van der Waals surface area (Å²) < 4.78 is 5.63. The number of ether oxygens (including phenoxy) is 1. The lowest BCUT2D eigenvalue weighted by Gasteiger charge is -2.50. The minimum Gasteiger partial charge on any atom is -0.478 e. The highest BCUT2D eigenvalue weighted by Crippen LogP contribution is 2.60. The van der Waals surface area contributed by atoms with E-state index in [9.17, 15) is 19.5 Å². The summed E-state index contributed by atoms with van der Waals surface area (Å²) >= 11 is 0. The quantitative estimate of drug-likeness (QED) is 0.278. The third-order valence-electron chi connectivity index (χ3n) is 8.23. The Labute approximate surface area is 212 Å². The largest absolute Gasteiger partial charge is 0.478 e. The molecule has 4 rings (SSSR count). The van der Waals surface area contributed by atoms with Crippen LogP contribution >= 0.6 is 0 Å². The number of fused-ring (bicyclic) bond motifs is 5. The maximum atomic E-state index is 12.2. The maximum absolute atomic E-state index is 12.2. The summed E-state index contributed by atoms with van der Waals surface area (Å²) in [6, 6.07) is 6.46. The maximum Gasteiger partial charge on any atom is 0.328 e. The number of aliphatic carboxylic acids is 2. The highest BCUT2D eigenvalue weighted by atomic mass is 16.5. The van der Waals surface area contributed by atoms with Crippen LogP contribution in [0.5, 0.6) is 5.75 Å². The molecule has 2 saturated carbocycles. The van der Waals surface area contributed by atoms with Gasteiger partial charge < -0.3 is 25.4 Å². The van der Waals surface area contributed by atoms with Crippen molar-refractivity contribution in [2.45, 2.75) is 77.9 Å². The number of rotatable bonds is 4. The van der Waals surface area contributed by atoms with Gasteiger partial charge in [-0.2, -0.15) is 0 Å². The molecule has 1 aromatic rings. The first-order valence-electron chi connectivity index (χ1n) is 12.6. The van der Waals surface area contributed by atoms with Crippen molar-refractivity contribution < 1.29 is 34.4 Å². The average molecular weight is 502 g/mol. The molecular weight excluding hydrogens is 462 g/mol. The van der Waals surface area contributed by atoms with E-state index in [-0.39, 0.29) is 23.5 Å². The summed E-state index contributed by atoms with van der Waals surface area (Å²) in [5.41, 5.74) is 2.47. The average Bonchev–Trinajstić information content (AvgIpc) is 3.06. The van der Waals surface area contributed by atoms with Crippen molar-refractivity contribution in [3.8, 4) is 5.75 Å². The summed E-state index contributed by atoms with van der Waals surface area (Å²) in [5.74, 6) is -0.249. The zero-order chi connectivity index (χ0) is 26.8. The molecule has 0 amide bonds. The lowest BCUT2D eigenvalue weighted by molar-refractivity contribution is -0.143. The number of likely N-dealkylation sites (N-methyl/N-ethyl adjacent to an activating group) is 1. The van der Waals surface area contributed by atoms with Crippen LogP contribution in [0.1, 0.15) is 70.4 Å². The Kier molecular flexibility index (Phi) is 8.30. The van der Waals surface area contributed by atoms with Gasteiger partial charge in [0.2, 0.25) is 0 Å². The van der Waals surface area contributed by atoms with Gasteiger partial charge in [-0.3, -0.25) is 4.79 Å². The molecule has 0 radical (unpaired) electrons. The van der Waals surface area contributed by atoms with E-state index >= 15 is 0 Å². The van der Waals surface area contributed by atoms with E-state index in [1.54, 1.807) is 0 Å². The van der Waals surface area contributed by atoms with Crippen molar-refractivity contribution >= 4 is 17.9 Å². The smallest absolute Gasteiger partial charge is 0.328 e. The molecule has 1 aromatic carbocycles. The second-order valence-electron chi connectivity index (χ2n) is 11.5. The number of carbonyl (C=O) groups is 3. The first kappa shape index (κ1) is 27.9. The Morgan fingerprint density at radius 2 is 1.75 bits per heavy atom. The van der Waals surface area contributed by atoms with Crippen LogP contribution in [0.2, 0.25) is 0 Å². The highest BCUT2D eigenvalue weighted by molar-refractivity contribution is 5.89. The van der Waals surface area contributed by atoms with Crippen molar-refractivity contribution in [2.75, 3.05) is 7.05 Å². The zero-order valence-electron chi connectivity index (χ0n) is 21.8. The van der Waals surface area contributed by atoms with Gasteiger partial charge in [0.15, 0.2) is 0 Å². The van der Waals surface area contributed by atoms with Crippen molar-refractivity contribution in [1.82, 2.24) is 5.32 Å². The normalized spacial score (nSPS) is 30.9. The number of esters is 1. The predicted octanol–water partition coefficient (Wildman–Crippen LogP) is 3.76. The van der Waals surface area contributed by atoms with Crippen LogP contribution < -0.4 is 10.1 Å². The number of aliphatic hydroxyl groups excluding tert-OH is 1. The van der Waals surface area contributed by atoms with Crippen molar-refractivity contribution in [1.29, 1.82) is 0 Å². The Morgan fingerprint density at radius 3 is 2.31 bits per heavy atom. The highest BCUT2D eigenvalue weighted by Gasteiger charge is 2.57. The van der Waals surface area contributed by atoms with Crippen LogP contribution in [0.3, 0.4) is 0 Å². The van der Waals surface area contributed by atoms with Gasteiger partial charge in [0.1, 0.15) is 5.75 Å². The molecular formula is C28H39NO7. The first-order valence-corrected chi connectivity index (χ1v) is 12.6. The Morgan fingerprint density at radius 1 is 1.11 bits per heavy atom. The fraction of sp³-hybridized carbons (Fsp3) is 0.607. The molecule has 0 bridgehead atoms. The van der Waals surface area contributed by atoms with E-state index in [4.69, 9.17) is 14.9 Å². The lowest BCUT2D eigenvalue weighted by atomic mass is 9.55. The third kappa shape index (κ3) is 5.81. The van der Waals surface area contributed by atoms with Gasteiger partial charge in [-0.15, -0.1) is 0 Å². The number of hydrogen-bond acceptors (Lipinski definition) is 6. The van der Waals surface area contributed by atoms with Gasteiger partial charge in [-0.05, 0) is 106 Å². The number of aliphatic hydroxyl groups is 1. The Balaban J connectivity index is 0.000000392. The number of aryl methyl sites for hydroxylation is 1. The zero-order valence-corrected chi connectivity index (χ0v) is 21.8. The van der Waals surface area contributed by atoms with E-state index in [0.29, 0.717) is 35.7 Å². The van der Waals surface area contributed by atoms with E-state index in [1.165, 1.54) is 17.5 Å². The van der Waals surface area contributed by atoms with Crippen molar-refractivity contribution in [2.24, 2.45) is 22.7 Å². The molecule has 198 valence electrons. The molecule has 0 saturated heterocycles. The van der Waals surface area contributed by atoms with Crippen LogP contribution in [-0.2, 0) is 20.8 Å². The summed E-state index contributed by atoms with van der Waals surface area (Å²) in [5, 5.41) is 29.7. The predicted molar refractivity (Wildman–Crippen MR) is 135 cm³/mol. The van der Waals surface area contributed by atoms with Crippen LogP contribution in [0.15, 0.2) is 30.4 Å². The summed E-state index contributed by atoms with van der Waals surface area (Å²) in [7, 11) is 1.99. The molecule has 6 atom stereocenters. The second-order valence-corrected chi connectivity index (χ2v) is 11.5. The molecule has 0 aromatic heterocycles. The molecule has 8 heteroatoms. The van der Waals surface area contributed by atoms with Crippen LogP contribution in [0, 0.1) is 22.7 Å². The van der Waals surface area contributed by atoms with Gasteiger partial charge in [-0.1, -0.05) is 13.0 Å². The van der Waals surface area contributed by atoms with E-state index in [2.05, 4.69) is 24.4 Å². The van der Waals surface area contributed by atoms with Gasteiger partial charge in [-0.25, -0.2) is 9.59 Å². The minimum atomic E-state index is -1.26. The molecule has 4 N–H and O–H groups in total. The van der Waals surface area contributed by atoms with Gasteiger partial charge in [0.05, 0.1) is 11.5 Å². The molecule has 8 nitrogen and oxygen atoms in total. The topological polar surface area (TPSA) is 133 Å². The number of hydrogen-bond donors (Lipinski definition) is 4. The van der Waals surface area contributed by atoms with Gasteiger partial charge in [0.25, 0.3) is 0 Å². The summed E-state index contributed by atoms with van der Waals surface area (Å²) in [6.07, 6.45) is 6.32. The minimum absolute atomic E-state index is 0.187. The van der Waals surface area contributed by atoms with Crippen molar-refractivity contribution in [3.05, 3.63) is 41.5 Å². The lowest BCUT2D eigenvalue weighted by Crippen LogP contribution is -2.49. The summed E-state index contributed by atoms with van der Waals surface area (Å²) in [4.78, 5) is 31.3. The molecule has 0 heterocycles. The third-order valence-corrected chi connectivity index (χ3v) is 8.23. The number of carboxylic acid groups (broad SMARTS) is 2. The van der Waals surface area contributed by atoms with E-state index < -0.39 is 17.4 Å². The summed E-state index contributed by atoms with van der Waals surface area (Å²) in [6.45, 7) is 8.03. The second kappa shape index (κ2) is 10.7. The van der Waals surface area contributed by atoms with Crippen LogP contribution in [-0.4, -0.2) is 52.4 Å². The number of carbonyl (C=O) groups excluding carboxylic acids is 1. The fourth-order valence-corrected chi connectivity index (χ4v) is 6.56. The Hall–Kier alpha value is -2.71. The SMILES string of the molecule is CN[C@H]1[C@H](O)C[C@H]2[C@@H]3CCc4cc(OC(=O)C(C)(C)C)ccc4[C@H]3CC[C@@]21C.O=C(O)/C=C\C(=O)O. The number of benzene rings is 1. The van der Waals surface area contributed by atoms with Crippen LogP contribution in [0.25, 0.3) is 0 Å². The Bertz CT molecular complexity index is 1010. The van der Waals surface area contributed by atoms with Gasteiger partial charge in [0, 0.05) is 18.2 Å². The molecule has 0 unspecified atom stereocenters. The molecule has 3 aliphatic carbocycles. The first-order chi connectivity index (χ1) is 16.8. The molecule has 0 aliphatic heterocycles. The number of carboxylic acids is 2. The van der Waals surface area contributed by atoms with E-state index in [0.717, 1.165) is 25.7 Å². The fourth-order valence-electron chi connectivity index (χ4n) is 6.56. The van der Waals surface area contributed by atoms with Crippen molar-refractivity contribution in [3.63, 3.8) is 0 Å². The molecule has 3 aliphatic rings. The van der Waals surface area contributed by atoms with Gasteiger partial charge >= 0.3 is 17.9 Å². The van der Waals surface area contributed by atoms with E-state index in [1.807, 2.05) is 33.9 Å². The molecule has 36 heavy (non-hydrogen) atoms. The molecule has 0 spiro atoms. The standard InChI is InChI=1S/C24H35NO3.C4H4O4/c1-23(2,3)22(27)28-15-7-9-16-14(12-15)6-8-18-17(16)10-11-24(4)19(18)13-20(26)21(24)25-5;5-3(6)1-2-4(7)8/h7,9,12,17-21,25-26H,6,8,10-11,13H2,1-5H3;1-2H,(H,5,6)(H,7,8)/b;2-1-/t17-,18-,19+,20-,21+,24+;/m1./s1. The monoisotopic (exact) mass is 501 g/mol. The molecule has 2 fully saturated rings. The van der Waals surface area contributed by atoms with Crippen LogP contribution in [0.4, 0.5) is 0 Å². The number of nitrogens with one attached hydrogen (secondary N) is 1.